The predicted molar refractivity (Wildman–Crippen MR) is 55.4 cm³/mol. The maximum atomic E-state index is 10.9. The maximum Gasteiger partial charge on any atom is 0.307 e. The largest absolute Gasteiger partial charge is 0.469 e. The van der Waals surface area contributed by atoms with Gasteiger partial charge in [-0.15, -0.1) is 12.4 Å². The highest BCUT2D eigenvalue weighted by atomic mass is 35.5. The van der Waals surface area contributed by atoms with E-state index >= 15 is 0 Å². The summed E-state index contributed by atoms with van der Waals surface area (Å²) >= 11 is 0. The number of carbonyl (C=O) groups is 1. The van der Waals surface area contributed by atoms with Crippen LogP contribution in [0.1, 0.15) is 24.0 Å². The topological polar surface area (TPSA) is 85.7 Å². The van der Waals surface area contributed by atoms with E-state index < -0.39 is 6.04 Å². The number of nitrogens with two attached hydrogens (primary N) is 1. The maximum absolute atomic E-state index is 10.9. The van der Waals surface area contributed by atoms with Crippen molar-refractivity contribution in [2.75, 3.05) is 7.11 Å². The van der Waals surface area contributed by atoms with Crippen molar-refractivity contribution in [1.29, 1.82) is 0 Å². The molecule has 15 heavy (non-hydrogen) atoms. The lowest BCUT2D eigenvalue weighted by Crippen LogP contribution is -2.15. The van der Waals surface area contributed by atoms with Gasteiger partial charge >= 0.3 is 5.97 Å². The number of esters is 1. The minimum atomic E-state index is -0.525. The van der Waals surface area contributed by atoms with Crippen LogP contribution in [0.5, 0.6) is 0 Å². The molecule has 0 aliphatic heterocycles. The van der Waals surface area contributed by atoms with Crippen LogP contribution in [0.2, 0.25) is 0 Å². The molecule has 6 heteroatoms. The highest BCUT2D eigenvalue weighted by Gasteiger charge is 2.15. The van der Waals surface area contributed by atoms with Gasteiger partial charge < -0.3 is 20.0 Å². The monoisotopic (exact) mass is 235 g/mol. The van der Waals surface area contributed by atoms with Crippen LogP contribution < -0.4 is 5.73 Å². The molecule has 1 rings (SSSR count). The Hall–Kier alpha value is -1.04. The number of furan rings is 1. The second-order valence-electron chi connectivity index (χ2n) is 2.85. The number of aliphatic hydroxyl groups is 1. The normalized spacial score (nSPS) is 11.7. The number of methoxy groups -OCH3 is 1. The van der Waals surface area contributed by atoms with Gasteiger partial charge in [-0.05, 0) is 12.1 Å². The van der Waals surface area contributed by atoms with Crippen molar-refractivity contribution in [3.63, 3.8) is 0 Å². The van der Waals surface area contributed by atoms with Crippen molar-refractivity contribution >= 4 is 18.4 Å². The number of halogens is 1. The van der Waals surface area contributed by atoms with Gasteiger partial charge in [0.25, 0.3) is 0 Å². The molecule has 0 amide bonds. The number of ether oxygens (including phenoxy) is 1. The third-order valence-corrected chi connectivity index (χ3v) is 1.82. The molecule has 86 valence electrons. The summed E-state index contributed by atoms with van der Waals surface area (Å²) in [5, 5.41) is 8.73. The Labute approximate surface area is 93.6 Å². The first-order valence-electron chi connectivity index (χ1n) is 4.19. The van der Waals surface area contributed by atoms with E-state index in [4.69, 9.17) is 15.3 Å². The predicted octanol–water partition coefficient (Wildman–Crippen LogP) is 0.757. The number of hydrogen-bond donors (Lipinski definition) is 2. The van der Waals surface area contributed by atoms with E-state index in [0.29, 0.717) is 11.5 Å². The van der Waals surface area contributed by atoms with Crippen LogP contribution in [0.25, 0.3) is 0 Å². The van der Waals surface area contributed by atoms with Crippen LogP contribution in [0, 0.1) is 0 Å². The van der Waals surface area contributed by atoms with Crippen molar-refractivity contribution in [2.45, 2.75) is 19.1 Å². The van der Waals surface area contributed by atoms with E-state index in [9.17, 15) is 4.79 Å². The Morgan fingerprint density at radius 1 is 1.67 bits per heavy atom. The lowest BCUT2D eigenvalue weighted by atomic mass is 10.2. The third-order valence-electron chi connectivity index (χ3n) is 1.82. The van der Waals surface area contributed by atoms with Gasteiger partial charge in [0.2, 0.25) is 0 Å². The summed E-state index contributed by atoms with van der Waals surface area (Å²) < 4.78 is 9.62. The molecule has 0 saturated carbocycles. The van der Waals surface area contributed by atoms with E-state index in [1.807, 2.05) is 0 Å². The fraction of sp³-hybridized carbons (Fsp3) is 0.444. The zero-order valence-corrected chi connectivity index (χ0v) is 9.12. The van der Waals surface area contributed by atoms with Crippen molar-refractivity contribution < 1.29 is 19.1 Å². The molecule has 0 bridgehead atoms. The molecule has 0 saturated heterocycles. The molecule has 0 aliphatic carbocycles. The Morgan fingerprint density at radius 3 is 2.80 bits per heavy atom. The van der Waals surface area contributed by atoms with E-state index in [1.165, 1.54) is 7.11 Å². The fourth-order valence-electron chi connectivity index (χ4n) is 1.04. The minimum Gasteiger partial charge on any atom is -0.469 e. The van der Waals surface area contributed by atoms with Gasteiger partial charge in [0.05, 0.1) is 19.6 Å². The number of aliphatic hydroxyl groups excluding tert-OH is 1. The van der Waals surface area contributed by atoms with Gasteiger partial charge in [-0.25, -0.2) is 0 Å². The van der Waals surface area contributed by atoms with Crippen molar-refractivity contribution in [1.82, 2.24) is 0 Å². The second kappa shape index (κ2) is 6.44. The van der Waals surface area contributed by atoms with Crippen molar-refractivity contribution in [3.8, 4) is 0 Å². The molecule has 5 nitrogen and oxygen atoms in total. The molecule has 1 heterocycles. The molecule has 0 aliphatic rings. The Bertz CT molecular complexity index is 313. The molecule has 0 fully saturated rings. The van der Waals surface area contributed by atoms with Gasteiger partial charge in [-0.1, -0.05) is 0 Å². The van der Waals surface area contributed by atoms with Gasteiger partial charge in [-0.3, -0.25) is 4.79 Å². The average Bonchev–Trinajstić information content (AvgIpc) is 2.65. The molecule has 1 atom stereocenters. The number of carbonyl (C=O) groups excluding carboxylic acids is 1. The summed E-state index contributed by atoms with van der Waals surface area (Å²) in [6.07, 6.45) is 0.0644. The molecular weight excluding hydrogens is 222 g/mol. The first kappa shape index (κ1) is 14.0. The van der Waals surface area contributed by atoms with Crippen LogP contribution in [-0.2, 0) is 16.1 Å². The highest BCUT2D eigenvalue weighted by molar-refractivity contribution is 5.85. The third kappa shape index (κ3) is 3.91. The molecule has 3 N–H and O–H groups in total. The van der Waals surface area contributed by atoms with Gasteiger partial charge in [-0.2, -0.15) is 0 Å². The molecule has 0 aromatic carbocycles. The molecule has 0 spiro atoms. The van der Waals surface area contributed by atoms with Gasteiger partial charge in [0, 0.05) is 0 Å². The second-order valence-corrected chi connectivity index (χ2v) is 2.85. The highest BCUT2D eigenvalue weighted by Crippen LogP contribution is 2.17. The molecular formula is C9H14ClNO4. The number of rotatable bonds is 4. The van der Waals surface area contributed by atoms with Gasteiger partial charge in [0.1, 0.15) is 18.1 Å². The summed E-state index contributed by atoms with van der Waals surface area (Å²) in [5.74, 6) is 0.513. The SMILES string of the molecule is COC(=O)C[C@@H](N)c1ccc(CO)o1.Cl. The Kier molecular flexibility index (Phi) is 6.00. The summed E-state index contributed by atoms with van der Waals surface area (Å²) in [4.78, 5) is 10.9. The summed E-state index contributed by atoms with van der Waals surface area (Å²) in [6, 6.07) is 2.73. The van der Waals surface area contributed by atoms with Crippen LogP contribution in [0.15, 0.2) is 16.5 Å². The molecule has 1 aromatic heterocycles. The summed E-state index contributed by atoms with van der Waals surface area (Å²) in [5.41, 5.74) is 5.66. The smallest absolute Gasteiger partial charge is 0.307 e. The first-order chi connectivity index (χ1) is 6.67. The van der Waals surface area contributed by atoms with E-state index in [-0.39, 0.29) is 31.4 Å². The quantitative estimate of drug-likeness (QED) is 0.753. The average molecular weight is 236 g/mol. The van der Waals surface area contributed by atoms with Crippen LogP contribution in [0.4, 0.5) is 0 Å². The van der Waals surface area contributed by atoms with E-state index in [1.54, 1.807) is 12.1 Å². The van der Waals surface area contributed by atoms with E-state index in [0.717, 1.165) is 0 Å². The Morgan fingerprint density at radius 2 is 2.33 bits per heavy atom. The molecule has 0 radical (unpaired) electrons. The van der Waals surface area contributed by atoms with E-state index in [2.05, 4.69) is 4.74 Å². The summed E-state index contributed by atoms with van der Waals surface area (Å²) in [7, 11) is 1.30. The first-order valence-corrected chi connectivity index (χ1v) is 4.19. The Balaban J connectivity index is 0.00000196. The lowest BCUT2D eigenvalue weighted by Gasteiger charge is -2.06. The fourth-order valence-corrected chi connectivity index (χ4v) is 1.04. The number of hydrogen-bond acceptors (Lipinski definition) is 5. The standard InChI is InChI=1S/C9H13NO4.ClH/c1-13-9(12)4-7(10)8-3-2-6(5-11)14-8;/h2-3,7,11H,4-5,10H2,1H3;1H/t7-;/m1./s1. The summed E-state index contributed by atoms with van der Waals surface area (Å²) in [6.45, 7) is -0.176. The minimum absolute atomic E-state index is 0. The van der Waals surface area contributed by atoms with Crippen molar-refractivity contribution in [2.24, 2.45) is 5.73 Å². The zero-order chi connectivity index (χ0) is 10.6. The van der Waals surface area contributed by atoms with Crippen LogP contribution in [-0.4, -0.2) is 18.2 Å². The van der Waals surface area contributed by atoms with Crippen molar-refractivity contribution in [3.05, 3.63) is 23.7 Å². The molecule has 0 unspecified atom stereocenters. The molecule has 1 aromatic rings. The van der Waals surface area contributed by atoms with Gasteiger partial charge in [0.15, 0.2) is 0 Å². The lowest BCUT2D eigenvalue weighted by molar-refractivity contribution is -0.141. The zero-order valence-electron chi connectivity index (χ0n) is 8.30. The van der Waals surface area contributed by atoms with Crippen LogP contribution >= 0.6 is 12.4 Å². The van der Waals surface area contributed by atoms with Crippen LogP contribution in [0.3, 0.4) is 0 Å².